The van der Waals surface area contributed by atoms with E-state index in [0.29, 0.717) is 47.9 Å². The standard InChI is InChI=1S/C22H26N4O4/c1-4-30-18-10-9-15(11-19(18)29-3)12-25(2)14-21-24-17-8-6-5-7-16(17)22(28)26(21)13-20(23)27/h5-11H,4,12-14H2,1-3H3,(H2,23,27). The monoisotopic (exact) mass is 410 g/mol. The summed E-state index contributed by atoms with van der Waals surface area (Å²) in [6.07, 6.45) is 0. The molecule has 1 heterocycles. The number of amides is 1. The van der Waals surface area contributed by atoms with Crippen LogP contribution in [-0.2, 0) is 24.4 Å². The lowest BCUT2D eigenvalue weighted by molar-refractivity contribution is -0.118. The Kier molecular flexibility index (Phi) is 6.68. The van der Waals surface area contributed by atoms with E-state index in [0.717, 1.165) is 5.56 Å². The first kappa shape index (κ1) is 21.3. The number of benzene rings is 2. The molecule has 0 radical (unpaired) electrons. The van der Waals surface area contributed by atoms with E-state index in [1.807, 2.05) is 43.1 Å². The third kappa shape index (κ3) is 4.77. The number of fused-ring (bicyclic) bond motifs is 1. The molecule has 0 saturated heterocycles. The average molecular weight is 410 g/mol. The Morgan fingerprint density at radius 2 is 1.93 bits per heavy atom. The molecule has 0 unspecified atom stereocenters. The minimum absolute atomic E-state index is 0.212. The summed E-state index contributed by atoms with van der Waals surface area (Å²) < 4.78 is 12.3. The second kappa shape index (κ2) is 9.41. The van der Waals surface area contributed by atoms with Crippen LogP contribution in [0, 0.1) is 0 Å². The van der Waals surface area contributed by atoms with Crippen LogP contribution in [0.15, 0.2) is 47.3 Å². The topological polar surface area (TPSA) is 99.7 Å². The number of methoxy groups -OCH3 is 1. The molecule has 8 nitrogen and oxygen atoms in total. The van der Waals surface area contributed by atoms with Crippen LogP contribution in [0.25, 0.3) is 10.9 Å². The Labute approximate surface area is 174 Å². The summed E-state index contributed by atoms with van der Waals surface area (Å²) in [6, 6.07) is 12.8. The first-order valence-corrected chi connectivity index (χ1v) is 9.68. The van der Waals surface area contributed by atoms with Crippen LogP contribution < -0.4 is 20.8 Å². The Hall–Kier alpha value is -3.39. The molecule has 0 aliphatic rings. The smallest absolute Gasteiger partial charge is 0.261 e. The lowest BCUT2D eigenvalue weighted by Crippen LogP contribution is -2.33. The van der Waals surface area contributed by atoms with Crippen molar-refractivity contribution in [2.24, 2.45) is 5.73 Å². The summed E-state index contributed by atoms with van der Waals surface area (Å²) in [5, 5.41) is 0.460. The summed E-state index contributed by atoms with van der Waals surface area (Å²) >= 11 is 0. The quantitative estimate of drug-likeness (QED) is 0.579. The van der Waals surface area contributed by atoms with E-state index in [1.165, 1.54) is 4.57 Å². The second-order valence-corrected chi connectivity index (χ2v) is 6.99. The van der Waals surface area contributed by atoms with Gasteiger partial charge in [-0.25, -0.2) is 4.98 Å². The third-order valence-electron chi connectivity index (χ3n) is 4.65. The summed E-state index contributed by atoms with van der Waals surface area (Å²) in [6.45, 7) is 3.21. The van der Waals surface area contributed by atoms with Gasteiger partial charge in [-0.15, -0.1) is 0 Å². The number of para-hydroxylation sites is 1. The maximum atomic E-state index is 12.9. The molecule has 0 fully saturated rings. The number of rotatable bonds is 9. The van der Waals surface area contributed by atoms with Crippen LogP contribution in [0.5, 0.6) is 11.5 Å². The van der Waals surface area contributed by atoms with E-state index < -0.39 is 5.91 Å². The number of carbonyl (C=O) groups is 1. The van der Waals surface area contributed by atoms with Crippen molar-refractivity contribution in [1.29, 1.82) is 0 Å². The number of primary amides is 1. The highest BCUT2D eigenvalue weighted by atomic mass is 16.5. The highest BCUT2D eigenvalue weighted by Crippen LogP contribution is 2.28. The van der Waals surface area contributed by atoms with Gasteiger partial charge in [0.2, 0.25) is 5.91 Å². The van der Waals surface area contributed by atoms with E-state index >= 15 is 0 Å². The predicted octanol–water partition coefficient (Wildman–Crippen LogP) is 1.92. The van der Waals surface area contributed by atoms with Crippen LogP contribution in [0.2, 0.25) is 0 Å². The number of hydrogen-bond donors (Lipinski definition) is 1. The SMILES string of the molecule is CCOc1ccc(CN(C)Cc2nc3ccccc3c(=O)n2CC(N)=O)cc1OC. The molecule has 3 rings (SSSR count). The third-order valence-corrected chi connectivity index (χ3v) is 4.65. The molecule has 158 valence electrons. The molecule has 0 atom stereocenters. The van der Waals surface area contributed by atoms with Crippen molar-refractivity contribution in [1.82, 2.24) is 14.5 Å². The Morgan fingerprint density at radius 1 is 1.17 bits per heavy atom. The molecule has 30 heavy (non-hydrogen) atoms. The fourth-order valence-electron chi connectivity index (χ4n) is 3.35. The number of aromatic nitrogens is 2. The van der Waals surface area contributed by atoms with E-state index in [4.69, 9.17) is 15.2 Å². The van der Waals surface area contributed by atoms with Crippen LogP contribution >= 0.6 is 0 Å². The zero-order valence-electron chi connectivity index (χ0n) is 17.4. The van der Waals surface area contributed by atoms with Crippen molar-refractivity contribution in [2.45, 2.75) is 26.6 Å². The van der Waals surface area contributed by atoms with Gasteiger partial charge in [0.1, 0.15) is 12.4 Å². The normalized spacial score (nSPS) is 11.1. The molecule has 1 amide bonds. The zero-order valence-corrected chi connectivity index (χ0v) is 17.4. The van der Waals surface area contributed by atoms with Crippen molar-refractivity contribution in [3.63, 3.8) is 0 Å². The summed E-state index contributed by atoms with van der Waals surface area (Å²) in [5.74, 6) is 1.25. The largest absolute Gasteiger partial charge is 0.493 e. The second-order valence-electron chi connectivity index (χ2n) is 6.99. The number of nitrogens with zero attached hydrogens (tertiary/aromatic N) is 3. The number of carbonyl (C=O) groups excluding carboxylic acids is 1. The minimum atomic E-state index is -0.589. The summed E-state index contributed by atoms with van der Waals surface area (Å²) in [7, 11) is 3.52. The lowest BCUT2D eigenvalue weighted by atomic mass is 10.2. The van der Waals surface area contributed by atoms with Crippen molar-refractivity contribution in [2.75, 3.05) is 20.8 Å². The molecular formula is C22H26N4O4. The summed E-state index contributed by atoms with van der Waals surface area (Å²) in [5.41, 5.74) is 6.70. The fourth-order valence-corrected chi connectivity index (χ4v) is 3.35. The molecule has 0 spiro atoms. The van der Waals surface area contributed by atoms with Gasteiger partial charge in [0.05, 0.1) is 31.2 Å². The molecule has 2 aromatic carbocycles. The Bertz CT molecular complexity index is 1110. The zero-order chi connectivity index (χ0) is 21.7. The van der Waals surface area contributed by atoms with Gasteiger partial charge in [0, 0.05) is 6.54 Å². The van der Waals surface area contributed by atoms with Crippen molar-refractivity contribution >= 4 is 16.8 Å². The van der Waals surface area contributed by atoms with Gasteiger partial charge >= 0.3 is 0 Å². The first-order valence-electron chi connectivity index (χ1n) is 9.68. The minimum Gasteiger partial charge on any atom is -0.493 e. The van der Waals surface area contributed by atoms with Crippen LogP contribution in [0.3, 0.4) is 0 Å². The average Bonchev–Trinajstić information content (AvgIpc) is 2.72. The van der Waals surface area contributed by atoms with Gasteiger partial charge in [0.15, 0.2) is 11.5 Å². The van der Waals surface area contributed by atoms with Gasteiger partial charge in [-0.2, -0.15) is 0 Å². The fraction of sp³-hybridized carbons (Fsp3) is 0.318. The maximum Gasteiger partial charge on any atom is 0.261 e. The van der Waals surface area contributed by atoms with E-state index in [-0.39, 0.29) is 12.1 Å². The molecule has 1 aromatic heterocycles. The molecule has 2 N–H and O–H groups in total. The van der Waals surface area contributed by atoms with Crippen LogP contribution in [-0.4, -0.2) is 41.1 Å². The Morgan fingerprint density at radius 3 is 2.63 bits per heavy atom. The molecule has 0 aliphatic heterocycles. The Balaban J connectivity index is 1.88. The number of hydrogen-bond acceptors (Lipinski definition) is 6. The number of nitrogens with two attached hydrogens (primary N) is 1. The van der Waals surface area contributed by atoms with Crippen LogP contribution in [0.1, 0.15) is 18.3 Å². The molecule has 0 saturated carbocycles. The summed E-state index contributed by atoms with van der Waals surface area (Å²) in [4.78, 5) is 31.0. The molecule has 0 bridgehead atoms. The predicted molar refractivity (Wildman–Crippen MR) is 115 cm³/mol. The van der Waals surface area contributed by atoms with Crippen LogP contribution in [0.4, 0.5) is 0 Å². The van der Waals surface area contributed by atoms with Crippen molar-refractivity contribution in [3.05, 3.63) is 64.2 Å². The first-order chi connectivity index (χ1) is 14.4. The maximum absolute atomic E-state index is 12.9. The van der Waals surface area contributed by atoms with Gasteiger partial charge < -0.3 is 15.2 Å². The van der Waals surface area contributed by atoms with Crippen molar-refractivity contribution in [3.8, 4) is 11.5 Å². The molecule has 0 aliphatic carbocycles. The van der Waals surface area contributed by atoms with Gasteiger partial charge in [-0.3, -0.25) is 19.1 Å². The van der Waals surface area contributed by atoms with Crippen molar-refractivity contribution < 1.29 is 14.3 Å². The molecular weight excluding hydrogens is 384 g/mol. The van der Waals surface area contributed by atoms with E-state index in [2.05, 4.69) is 4.98 Å². The van der Waals surface area contributed by atoms with Gasteiger partial charge in [-0.1, -0.05) is 18.2 Å². The van der Waals surface area contributed by atoms with Gasteiger partial charge in [-0.05, 0) is 43.8 Å². The lowest BCUT2D eigenvalue weighted by Gasteiger charge is -2.20. The van der Waals surface area contributed by atoms with E-state index in [9.17, 15) is 9.59 Å². The highest BCUT2D eigenvalue weighted by molar-refractivity contribution is 5.78. The van der Waals surface area contributed by atoms with Gasteiger partial charge in [0.25, 0.3) is 5.56 Å². The molecule has 3 aromatic rings. The highest BCUT2D eigenvalue weighted by Gasteiger charge is 2.15. The number of ether oxygens (including phenoxy) is 2. The van der Waals surface area contributed by atoms with E-state index in [1.54, 1.807) is 25.3 Å². The molecule has 8 heteroatoms.